The van der Waals surface area contributed by atoms with E-state index < -0.39 is 12.3 Å². The van der Waals surface area contributed by atoms with E-state index in [2.05, 4.69) is 15.0 Å². The van der Waals surface area contributed by atoms with Crippen LogP contribution < -0.4 is 10.1 Å². The lowest BCUT2D eigenvalue weighted by Gasteiger charge is -2.13. The average Bonchev–Trinajstić information content (AvgIpc) is 3.24. The molecule has 0 unspecified atom stereocenters. The Morgan fingerprint density at radius 2 is 1.77 bits per heavy atom. The van der Waals surface area contributed by atoms with E-state index >= 15 is 0 Å². The van der Waals surface area contributed by atoms with Gasteiger partial charge in [-0.05, 0) is 29.8 Å². The van der Waals surface area contributed by atoms with Crippen LogP contribution in [0.25, 0.3) is 10.2 Å². The van der Waals surface area contributed by atoms with Gasteiger partial charge in [-0.25, -0.2) is 4.98 Å². The first-order valence-corrected chi connectivity index (χ1v) is 9.89. The Labute approximate surface area is 177 Å². The molecule has 4 rings (SSSR count). The van der Waals surface area contributed by atoms with Crippen LogP contribution in [0.15, 0.2) is 42.5 Å². The normalized spacial score (nSPS) is 14.4. The topological polar surface area (TPSA) is 88.6 Å². The first-order valence-electron chi connectivity index (χ1n) is 9.08. The Morgan fingerprint density at radius 1 is 1.10 bits per heavy atom. The summed E-state index contributed by atoms with van der Waals surface area (Å²) in [5.41, 5.74) is 1.45. The third-order valence-electron chi connectivity index (χ3n) is 4.53. The molecule has 3 amide bonds. The molecular formula is C20H14F3N3O4S. The van der Waals surface area contributed by atoms with Crippen LogP contribution in [0.4, 0.5) is 18.3 Å². The number of benzene rings is 2. The Bertz CT molecular complexity index is 1160. The number of amides is 3. The molecule has 0 aliphatic carbocycles. The number of carbonyl (C=O) groups is 3. The lowest BCUT2D eigenvalue weighted by Crippen LogP contribution is -2.28. The minimum absolute atomic E-state index is 0.153. The van der Waals surface area contributed by atoms with Gasteiger partial charge >= 0.3 is 6.36 Å². The standard InChI is InChI=1S/C20H14F3N3O4S/c21-20(22,23)30-13-5-6-14-15(9-13)31-19(24-14)25-18(29)12-3-1-11(2-4-12)10-26-16(27)7-8-17(26)28/h1-6,9H,7-8,10H2,(H,24,25,29). The number of fused-ring (bicyclic) bond motifs is 1. The van der Waals surface area contributed by atoms with Crippen molar-refractivity contribution < 1.29 is 32.3 Å². The van der Waals surface area contributed by atoms with Gasteiger partial charge in [0, 0.05) is 24.5 Å². The Hall–Kier alpha value is -3.47. The van der Waals surface area contributed by atoms with Gasteiger partial charge < -0.3 is 4.74 Å². The molecule has 2 heterocycles. The summed E-state index contributed by atoms with van der Waals surface area (Å²) in [4.78, 5) is 41.2. The monoisotopic (exact) mass is 449 g/mol. The molecule has 1 fully saturated rings. The van der Waals surface area contributed by atoms with Crippen LogP contribution in [-0.4, -0.2) is 34.0 Å². The zero-order valence-electron chi connectivity index (χ0n) is 15.7. The van der Waals surface area contributed by atoms with Crippen molar-refractivity contribution in [1.29, 1.82) is 0 Å². The number of halogens is 3. The van der Waals surface area contributed by atoms with E-state index in [-0.39, 0.29) is 42.1 Å². The molecule has 7 nitrogen and oxygen atoms in total. The van der Waals surface area contributed by atoms with Crippen LogP contribution in [0.2, 0.25) is 0 Å². The highest BCUT2D eigenvalue weighted by Crippen LogP contribution is 2.31. The van der Waals surface area contributed by atoms with Gasteiger partial charge in [0.2, 0.25) is 11.8 Å². The van der Waals surface area contributed by atoms with Crippen LogP contribution in [0, 0.1) is 0 Å². The second kappa shape index (κ2) is 7.99. The number of thiazole rings is 1. The minimum Gasteiger partial charge on any atom is -0.406 e. The molecule has 1 N–H and O–H groups in total. The van der Waals surface area contributed by atoms with Crippen molar-refractivity contribution in [2.45, 2.75) is 25.7 Å². The number of imide groups is 1. The Morgan fingerprint density at radius 3 is 2.42 bits per heavy atom. The first kappa shape index (κ1) is 20.8. The summed E-state index contributed by atoms with van der Waals surface area (Å²) in [6.07, 6.45) is -4.37. The first-order chi connectivity index (χ1) is 14.7. The van der Waals surface area contributed by atoms with Gasteiger partial charge in [-0.15, -0.1) is 13.2 Å². The molecule has 0 atom stereocenters. The number of ether oxygens (including phenoxy) is 1. The predicted octanol–water partition coefficient (Wildman–Crippen LogP) is 4.10. The van der Waals surface area contributed by atoms with Crippen molar-refractivity contribution in [3.63, 3.8) is 0 Å². The fourth-order valence-corrected chi connectivity index (χ4v) is 3.96. The summed E-state index contributed by atoms with van der Waals surface area (Å²) >= 11 is 1.01. The van der Waals surface area contributed by atoms with Crippen LogP contribution in [0.5, 0.6) is 5.75 Å². The van der Waals surface area contributed by atoms with Crippen molar-refractivity contribution >= 4 is 44.4 Å². The lowest BCUT2D eigenvalue weighted by molar-refractivity contribution is -0.274. The summed E-state index contributed by atoms with van der Waals surface area (Å²) in [5.74, 6) is -1.25. The summed E-state index contributed by atoms with van der Waals surface area (Å²) in [6.45, 7) is 0.153. The summed E-state index contributed by atoms with van der Waals surface area (Å²) < 4.78 is 41.4. The molecule has 11 heteroatoms. The third-order valence-corrected chi connectivity index (χ3v) is 5.46. The minimum atomic E-state index is -4.79. The number of aromatic nitrogens is 1. The quantitative estimate of drug-likeness (QED) is 0.593. The van der Waals surface area contributed by atoms with Gasteiger partial charge in [-0.3, -0.25) is 24.6 Å². The SMILES string of the molecule is O=C(Nc1nc2ccc(OC(F)(F)F)cc2s1)c1ccc(CN2C(=O)CCC2=O)cc1. The van der Waals surface area contributed by atoms with E-state index in [9.17, 15) is 27.6 Å². The molecular weight excluding hydrogens is 435 g/mol. The maximum absolute atomic E-state index is 12.5. The number of hydrogen-bond acceptors (Lipinski definition) is 6. The molecule has 0 spiro atoms. The molecule has 1 saturated heterocycles. The second-order valence-corrected chi connectivity index (χ2v) is 7.75. The van der Waals surface area contributed by atoms with Crippen LogP contribution in [0.1, 0.15) is 28.8 Å². The van der Waals surface area contributed by atoms with E-state index in [1.54, 1.807) is 24.3 Å². The Balaban J connectivity index is 1.43. The molecule has 1 aliphatic heterocycles. The number of likely N-dealkylation sites (tertiary alicyclic amines) is 1. The number of carbonyl (C=O) groups excluding carboxylic acids is 3. The average molecular weight is 449 g/mol. The maximum Gasteiger partial charge on any atom is 0.573 e. The second-order valence-electron chi connectivity index (χ2n) is 6.72. The number of anilines is 1. The van der Waals surface area contributed by atoms with Crippen molar-refractivity contribution in [2.75, 3.05) is 5.32 Å². The zero-order valence-corrected chi connectivity index (χ0v) is 16.5. The molecule has 0 radical (unpaired) electrons. The van der Waals surface area contributed by atoms with E-state index in [4.69, 9.17) is 0 Å². The highest BCUT2D eigenvalue weighted by Gasteiger charge is 2.31. The van der Waals surface area contributed by atoms with Crippen molar-refractivity contribution in [2.24, 2.45) is 0 Å². The van der Waals surface area contributed by atoms with Gasteiger partial charge in [-0.1, -0.05) is 23.5 Å². The highest BCUT2D eigenvalue weighted by molar-refractivity contribution is 7.22. The van der Waals surface area contributed by atoms with Gasteiger partial charge in [0.15, 0.2) is 5.13 Å². The van der Waals surface area contributed by atoms with Crippen LogP contribution >= 0.6 is 11.3 Å². The predicted molar refractivity (Wildman–Crippen MR) is 105 cm³/mol. The molecule has 2 aromatic carbocycles. The molecule has 31 heavy (non-hydrogen) atoms. The zero-order chi connectivity index (χ0) is 22.2. The summed E-state index contributed by atoms with van der Waals surface area (Å²) in [5, 5.41) is 2.83. The van der Waals surface area contributed by atoms with Crippen molar-refractivity contribution in [3.8, 4) is 5.75 Å². The van der Waals surface area contributed by atoms with E-state index in [0.29, 0.717) is 21.3 Å². The largest absolute Gasteiger partial charge is 0.573 e. The highest BCUT2D eigenvalue weighted by atomic mass is 32.1. The number of rotatable bonds is 5. The molecule has 3 aromatic rings. The fourth-order valence-electron chi connectivity index (χ4n) is 3.07. The van der Waals surface area contributed by atoms with Gasteiger partial charge in [-0.2, -0.15) is 0 Å². The molecule has 1 aromatic heterocycles. The number of alkyl halides is 3. The van der Waals surface area contributed by atoms with Crippen molar-refractivity contribution in [3.05, 3.63) is 53.6 Å². The van der Waals surface area contributed by atoms with Gasteiger partial charge in [0.1, 0.15) is 5.75 Å². The summed E-state index contributed by atoms with van der Waals surface area (Å²) in [7, 11) is 0. The maximum atomic E-state index is 12.5. The molecule has 1 aliphatic rings. The molecule has 0 bridgehead atoms. The molecule has 0 saturated carbocycles. The summed E-state index contributed by atoms with van der Waals surface area (Å²) in [6, 6.07) is 10.1. The number of hydrogen-bond donors (Lipinski definition) is 1. The van der Waals surface area contributed by atoms with E-state index in [1.165, 1.54) is 17.0 Å². The van der Waals surface area contributed by atoms with Gasteiger partial charge in [0.05, 0.1) is 16.8 Å². The van der Waals surface area contributed by atoms with Gasteiger partial charge in [0.25, 0.3) is 5.91 Å². The number of nitrogens with one attached hydrogen (secondary N) is 1. The third kappa shape index (κ3) is 4.82. The lowest BCUT2D eigenvalue weighted by atomic mass is 10.1. The smallest absolute Gasteiger partial charge is 0.406 e. The molecule has 160 valence electrons. The van der Waals surface area contributed by atoms with Crippen LogP contribution in [-0.2, 0) is 16.1 Å². The van der Waals surface area contributed by atoms with Crippen molar-refractivity contribution in [1.82, 2.24) is 9.88 Å². The fraction of sp³-hybridized carbons (Fsp3) is 0.200. The number of nitrogens with zero attached hydrogens (tertiary/aromatic N) is 2. The Kier molecular flexibility index (Phi) is 5.36. The van der Waals surface area contributed by atoms with Crippen LogP contribution in [0.3, 0.4) is 0 Å². The van der Waals surface area contributed by atoms with E-state index in [0.717, 1.165) is 17.4 Å². The van der Waals surface area contributed by atoms with E-state index in [1.807, 2.05) is 0 Å².